The van der Waals surface area contributed by atoms with E-state index in [1.54, 1.807) is 6.92 Å². The van der Waals surface area contributed by atoms with Gasteiger partial charge < -0.3 is 16.0 Å². The quantitative estimate of drug-likeness (QED) is 0.838. The number of piperidine rings is 1. The van der Waals surface area contributed by atoms with Crippen LogP contribution < -0.4 is 11.1 Å². The molecule has 1 fully saturated rings. The van der Waals surface area contributed by atoms with Crippen molar-refractivity contribution in [3.63, 3.8) is 0 Å². The maximum absolute atomic E-state index is 12.9. The number of nitrogens with zero attached hydrogens (tertiary/aromatic N) is 1. The number of hydrogen-bond acceptors (Lipinski definition) is 3. The molecule has 0 saturated carbocycles. The highest BCUT2D eigenvalue weighted by Gasteiger charge is 2.36. The second-order valence-corrected chi connectivity index (χ2v) is 7.23. The number of nitrogens with two attached hydrogens (primary N) is 1. The smallest absolute Gasteiger partial charge is 0.246 e. The second-order valence-electron chi connectivity index (χ2n) is 7.23. The van der Waals surface area contributed by atoms with Crippen molar-refractivity contribution in [2.24, 2.45) is 17.6 Å². The standard InChI is InChI=1S/C19H29N3O2.ClH/c1-14(2)17(23)21-12-15-8-7-11-22(13-15)18(24)19(3,20)16-9-5-4-6-10-16;/h4-6,9-10,14-15H,7-8,11-13,20H2,1-3H3,(H,21,23);1H. The maximum atomic E-state index is 12.9. The van der Waals surface area contributed by atoms with Crippen molar-refractivity contribution in [3.05, 3.63) is 35.9 Å². The highest BCUT2D eigenvalue weighted by Crippen LogP contribution is 2.24. The molecule has 3 N–H and O–H groups in total. The lowest BCUT2D eigenvalue weighted by Gasteiger charge is -2.37. The van der Waals surface area contributed by atoms with E-state index in [1.165, 1.54) is 0 Å². The van der Waals surface area contributed by atoms with Crippen LogP contribution in [0.2, 0.25) is 0 Å². The van der Waals surface area contributed by atoms with Crippen LogP contribution in [0.1, 0.15) is 39.2 Å². The minimum atomic E-state index is -1.02. The van der Waals surface area contributed by atoms with Crippen molar-refractivity contribution in [2.75, 3.05) is 19.6 Å². The van der Waals surface area contributed by atoms with Crippen LogP contribution in [0.5, 0.6) is 0 Å². The van der Waals surface area contributed by atoms with Crippen molar-refractivity contribution in [1.29, 1.82) is 0 Å². The van der Waals surface area contributed by atoms with Crippen LogP contribution in [-0.4, -0.2) is 36.3 Å². The first-order valence-corrected chi connectivity index (χ1v) is 8.74. The molecular formula is C19H30ClN3O2. The molecule has 5 nitrogen and oxygen atoms in total. The van der Waals surface area contributed by atoms with E-state index < -0.39 is 5.54 Å². The Morgan fingerprint density at radius 1 is 1.32 bits per heavy atom. The number of carbonyl (C=O) groups excluding carboxylic acids is 2. The van der Waals surface area contributed by atoms with E-state index in [1.807, 2.05) is 49.1 Å². The van der Waals surface area contributed by atoms with Crippen molar-refractivity contribution >= 4 is 24.2 Å². The third kappa shape index (κ3) is 5.44. The van der Waals surface area contributed by atoms with Gasteiger partial charge in [0.25, 0.3) is 0 Å². The first kappa shape index (κ1) is 21.5. The van der Waals surface area contributed by atoms with Gasteiger partial charge in [-0.25, -0.2) is 0 Å². The highest BCUT2D eigenvalue weighted by molar-refractivity contribution is 5.87. The van der Waals surface area contributed by atoms with Crippen molar-refractivity contribution < 1.29 is 9.59 Å². The number of rotatable bonds is 5. The summed E-state index contributed by atoms with van der Waals surface area (Å²) in [5.74, 6) is 0.286. The van der Waals surface area contributed by atoms with Gasteiger partial charge in [-0.15, -0.1) is 12.4 Å². The Morgan fingerprint density at radius 2 is 1.96 bits per heavy atom. The number of nitrogens with one attached hydrogen (secondary N) is 1. The van der Waals surface area contributed by atoms with Crippen LogP contribution in [0.4, 0.5) is 0 Å². The number of amides is 2. The molecule has 1 aromatic rings. The molecule has 1 aliphatic heterocycles. The summed E-state index contributed by atoms with van der Waals surface area (Å²) < 4.78 is 0. The van der Waals surface area contributed by atoms with Gasteiger partial charge in [0.2, 0.25) is 11.8 Å². The molecule has 1 heterocycles. The van der Waals surface area contributed by atoms with Gasteiger partial charge in [0, 0.05) is 25.6 Å². The molecular weight excluding hydrogens is 338 g/mol. The SMILES string of the molecule is CC(C)C(=O)NCC1CCCN(C(=O)C(C)(N)c2ccccc2)C1.Cl. The van der Waals surface area contributed by atoms with Crippen molar-refractivity contribution in [2.45, 2.75) is 39.2 Å². The summed E-state index contributed by atoms with van der Waals surface area (Å²) in [6.45, 7) is 7.53. The maximum Gasteiger partial charge on any atom is 0.246 e. The average Bonchev–Trinajstić information content (AvgIpc) is 2.59. The van der Waals surface area contributed by atoms with Gasteiger partial charge in [0.15, 0.2) is 0 Å². The van der Waals surface area contributed by atoms with Crippen LogP contribution in [0.15, 0.2) is 30.3 Å². The molecule has 0 radical (unpaired) electrons. The molecule has 0 aromatic heterocycles. The number of halogens is 1. The summed E-state index contributed by atoms with van der Waals surface area (Å²) in [5.41, 5.74) is 6.16. The Bertz CT molecular complexity index is 575. The van der Waals surface area contributed by atoms with Gasteiger partial charge >= 0.3 is 0 Å². The van der Waals surface area contributed by atoms with E-state index >= 15 is 0 Å². The Hall–Kier alpha value is -1.59. The lowest BCUT2D eigenvalue weighted by molar-refractivity contribution is -0.138. The largest absolute Gasteiger partial charge is 0.356 e. The Morgan fingerprint density at radius 3 is 2.56 bits per heavy atom. The van der Waals surface area contributed by atoms with Gasteiger partial charge in [-0.05, 0) is 31.2 Å². The van der Waals surface area contributed by atoms with E-state index in [0.29, 0.717) is 13.1 Å². The molecule has 140 valence electrons. The zero-order chi connectivity index (χ0) is 17.7. The summed E-state index contributed by atoms with van der Waals surface area (Å²) in [6.07, 6.45) is 1.97. The topological polar surface area (TPSA) is 75.4 Å². The van der Waals surface area contributed by atoms with Crippen molar-refractivity contribution in [1.82, 2.24) is 10.2 Å². The fourth-order valence-corrected chi connectivity index (χ4v) is 3.10. The van der Waals surface area contributed by atoms with Crippen LogP contribution in [-0.2, 0) is 15.1 Å². The van der Waals surface area contributed by atoms with Crippen molar-refractivity contribution in [3.8, 4) is 0 Å². The van der Waals surface area contributed by atoms with Gasteiger partial charge in [-0.2, -0.15) is 0 Å². The summed E-state index contributed by atoms with van der Waals surface area (Å²) in [5, 5.41) is 2.97. The molecule has 2 amide bonds. The number of benzene rings is 1. The number of carbonyl (C=O) groups is 2. The summed E-state index contributed by atoms with van der Waals surface area (Å²) >= 11 is 0. The first-order chi connectivity index (χ1) is 11.3. The fraction of sp³-hybridized carbons (Fsp3) is 0.579. The molecule has 1 aliphatic rings. The lowest BCUT2D eigenvalue weighted by Crippen LogP contribution is -2.54. The van der Waals surface area contributed by atoms with E-state index in [2.05, 4.69) is 5.32 Å². The van der Waals surface area contributed by atoms with Gasteiger partial charge in [0.05, 0.1) is 0 Å². The van der Waals surface area contributed by atoms with Crippen LogP contribution in [0.3, 0.4) is 0 Å². The van der Waals surface area contributed by atoms with Crippen LogP contribution in [0.25, 0.3) is 0 Å². The molecule has 6 heteroatoms. The third-order valence-corrected chi connectivity index (χ3v) is 4.71. The monoisotopic (exact) mass is 367 g/mol. The molecule has 0 spiro atoms. The zero-order valence-corrected chi connectivity index (χ0v) is 16.1. The van der Waals surface area contributed by atoms with E-state index in [0.717, 1.165) is 24.9 Å². The molecule has 0 bridgehead atoms. The summed E-state index contributed by atoms with van der Waals surface area (Å²) in [7, 11) is 0. The molecule has 25 heavy (non-hydrogen) atoms. The molecule has 2 rings (SSSR count). The summed E-state index contributed by atoms with van der Waals surface area (Å²) in [4.78, 5) is 26.5. The molecule has 1 saturated heterocycles. The molecule has 2 unspecified atom stereocenters. The van der Waals surface area contributed by atoms with Gasteiger partial charge in [-0.3, -0.25) is 9.59 Å². The normalized spacial score (nSPS) is 19.7. The first-order valence-electron chi connectivity index (χ1n) is 8.74. The molecule has 0 aliphatic carbocycles. The van der Waals surface area contributed by atoms with Gasteiger partial charge in [0.1, 0.15) is 5.54 Å². The zero-order valence-electron chi connectivity index (χ0n) is 15.3. The van der Waals surface area contributed by atoms with E-state index in [-0.39, 0.29) is 36.1 Å². The third-order valence-electron chi connectivity index (χ3n) is 4.71. The highest BCUT2D eigenvalue weighted by atomic mass is 35.5. The Labute approximate surface area is 156 Å². The lowest BCUT2D eigenvalue weighted by atomic mass is 9.89. The Kier molecular flexibility index (Phi) is 7.90. The van der Waals surface area contributed by atoms with E-state index in [4.69, 9.17) is 5.73 Å². The minimum Gasteiger partial charge on any atom is -0.356 e. The Balaban J connectivity index is 0.00000312. The second kappa shape index (κ2) is 9.20. The van der Waals surface area contributed by atoms with Gasteiger partial charge in [-0.1, -0.05) is 44.2 Å². The average molecular weight is 368 g/mol. The summed E-state index contributed by atoms with van der Waals surface area (Å²) in [6, 6.07) is 9.49. The van der Waals surface area contributed by atoms with Crippen LogP contribution >= 0.6 is 12.4 Å². The molecule has 1 aromatic carbocycles. The predicted molar refractivity (Wildman–Crippen MR) is 102 cm³/mol. The number of hydrogen-bond donors (Lipinski definition) is 2. The predicted octanol–water partition coefficient (Wildman–Crippen LogP) is 2.29. The fourth-order valence-electron chi connectivity index (χ4n) is 3.10. The number of likely N-dealkylation sites (tertiary alicyclic amines) is 1. The molecule has 2 atom stereocenters. The minimum absolute atomic E-state index is 0. The van der Waals surface area contributed by atoms with E-state index in [9.17, 15) is 9.59 Å². The van der Waals surface area contributed by atoms with Crippen LogP contribution in [0, 0.1) is 11.8 Å².